The predicted molar refractivity (Wildman–Crippen MR) is 78.2 cm³/mol. The van der Waals surface area contributed by atoms with Gasteiger partial charge in [0.15, 0.2) is 0 Å². The van der Waals surface area contributed by atoms with Crippen molar-refractivity contribution in [3.05, 3.63) is 23.2 Å². The van der Waals surface area contributed by atoms with Crippen LogP contribution in [0.15, 0.2) is 12.4 Å². The number of hydrogen-bond acceptors (Lipinski definition) is 4. The van der Waals surface area contributed by atoms with Crippen molar-refractivity contribution in [1.82, 2.24) is 20.2 Å². The number of halogens is 1. The molecular weight excluding hydrogens is 260 g/mol. The summed E-state index contributed by atoms with van der Waals surface area (Å²) in [6.45, 7) is 8.68. The lowest BCUT2D eigenvalue weighted by Gasteiger charge is -2.33. The van der Waals surface area contributed by atoms with Gasteiger partial charge in [0, 0.05) is 19.1 Å². The van der Waals surface area contributed by atoms with E-state index in [1.54, 1.807) is 12.4 Å². The van der Waals surface area contributed by atoms with E-state index in [0.717, 1.165) is 37.8 Å². The highest BCUT2D eigenvalue weighted by Gasteiger charge is 2.20. The number of aromatic nitrogens is 2. The highest BCUT2D eigenvalue weighted by molar-refractivity contribution is 6.29. The molecule has 1 N–H and O–H groups in total. The van der Waals surface area contributed by atoms with Gasteiger partial charge >= 0.3 is 0 Å². The third-order valence-electron chi connectivity index (χ3n) is 3.48. The van der Waals surface area contributed by atoms with E-state index >= 15 is 0 Å². The van der Waals surface area contributed by atoms with E-state index in [9.17, 15) is 0 Å². The van der Waals surface area contributed by atoms with Gasteiger partial charge in [0.1, 0.15) is 5.15 Å². The molecule has 1 atom stereocenters. The molecule has 19 heavy (non-hydrogen) atoms. The number of likely N-dealkylation sites (tertiary alicyclic amines) is 1. The Balaban J connectivity index is 1.82. The number of nitrogens with one attached hydrogen (secondary N) is 1. The number of nitrogens with zero attached hydrogens (tertiary/aromatic N) is 3. The van der Waals surface area contributed by atoms with E-state index in [1.165, 1.54) is 12.8 Å². The first-order valence-electron chi connectivity index (χ1n) is 7.05. The van der Waals surface area contributed by atoms with E-state index < -0.39 is 0 Å². The minimum absolute atomic E-state index is 0.460. The molecule has 1 aromatic rings. The van der Waals surface area contributed by atoms with Gasteiger partial charge in [-0.2, -0.15) is 0 Å². The zero-order chi connectivity index (χ0) is 13.7. The van der Waals surface area contributed by atoms with Gasteiger partial charge in [0.25, 0.3) is 0 Å². The van der Waals surface area contributed by atoms with E-state index in [2.05, 4.69) is 34.0 Å². The van der Waals surface area contributed by atoms with E-state index in [1.807, 2.05) is 0 Å². The van der Waals surface area contributed by atoms with Crippen molar-refractivity contribution in [3.8, 4) is 0 Å². The Morgan fingerprint density at radius 3 is 2.95 bits per heavy atom. The van der Waals surface area contributed by atoms with Gasteiger partial charge in [-0.25, -0.2) is 4.98 Å². The second kappa shape index (κ2) is 7.17. The smallest absolute Gasteiger partial charge is 0.147 e. The average molecular weight is 283 g/mol. The Kier molecular flexibility index (Phi) is 5.55. The van der Waals surface area contributed by atoms with E-state index in [4.69, 9.17) is 11.6 Å². The molecule has 0 aromatic carbocycles. The molecule has 2 rings (SSSR count). The fourth-order valence-corrected chi connectivity index (χ4v) is 2.61. The molecular formula is C14H23ClN4. The molecule has 4 nitrogen and oxygen atoms in total. The Bertz CT molecular complexity index is 380. The second-order valence-electron chi connectivity index (χ2n) is 5.64. The van der Waals surface area contributed by atoms with Crippen LogP contribution in [-0.2, 0) is 6.54 Å². The van der Waals surface area contributed by atoms with Crippen molar-refractivity contribution >= 4 is 11.6 Å². The Morgan fingerprint density at radius 2 is 2.26 bits per heavy atom. The number of piperidine rings is 1. The molecule has 1 fully saturated rings. The number of hydrogen-bond donors (Lipinski definition) is 1. The van der Waals surface area contributed by atoms with Gasteiger partial charge in [0.2, 0.25) is 0 Å². The quantitative estimate of drug-likeness (QED) is 0.900. The van der Waals surface area contributed by atoms with Crippen LogP contribution >= 0.6 is 11.6 Å². The maximum atomic E-state index is 5.75. The fraction of sp³-hybridized carbons (Fsp3) is 0.714. The molecule has 0 radical (unpaired) electrons. The van der Waals surface area contributed by atoms with E-state index in [0.29, 0.717) is 11.2 Å². The Morgan fingerprint density at radius 1 is 1.42 bits per heavy atom. The van der Waals surface area contributed by atoms with Crippen molar-refractivity contribution in [2.24, 2.45) is 5.92 Å². The van der Waals surface area contributed by atoms with Crippen LogP contribution < -0.4 is 5.32 Å². The van der Waals surface area contributed by atoms with Crippen LogP contribution in [0.2, 0.25) is 5.15 Å². The lowest BCUT2D eigenvalue weighted by Crippen LogP contribution is -2.40. The summed E-state index contributed by atoms with van der Waals surface area (Å²) in [5, 5.41) is 3.99. The molecule has 0 bridgehead atoms. The van der Waals surface area contributed by atoms with Crippen LogP contribution in [0, 0.1) is 5.92 Å². The summed E-state index contributed by atoms with van der Waals surface area (Å²) < 4.78 is 0. The van der Waals surface area contributed by atoms with Gasteiger partial charge in [-0.1, -0.05) is 25.4 Å². The topological polar surface area (TPSA) is 41.0 Å². The molecule has 0 amide bonds. The third-order valence-corrected chi connectivity index (χ3v) is 3.67. The largest absolute Gasteiger partial charge is 0.314 e. The molecule has 1 unspecified atom stereocenters. The van der Waals surface area contributed by atoms with Crippen LogP contribution in [0.1, 0.15) is 32.4 Å². The van der Waals surface area contributed by atoms with Gasteiger partial charge in [-0.3, -0.25) is 9.88 Å². The Hall–Kier alpha value is -0.710. The number of rotatable bonds is 5. The third kappa shape index (κ3) is 5.05. The maximum Gasteiger partial charge on any atom is 0.147 e. The maximum absolute atomic E-state index is 5.75. The fourth-order valence-electron chi connectivity index (χ4n) is 2.51. The average Bonchev–Trinajstić information content (AvgIpc) is 2.40. The summed E-state index contributed by atoms with van der Waals surface area (Å²) in [4.78, 5) is 10.9. The zero-order valence-corrected chi connectivity index (χ0v) is 12.5. The first-order chi connectivity index (χ1) is 9.13. The molecule has 0 spiro atoms. The first-order valence-corrected chi connectivity index (χ1v) is 7.43. The SMILES string of the molecule is CC(C)NCC1CCCN(Cc2cnc(Cl)cn2)C1. The molecule has 5 heteroatoms. The molecule has 0 saturated carbocycles. The van der Waals surface area contributed by atoms with Crippen molar-refractivity contribution in [2.45, 2.75) is 39.3 Å². The zero-order valence-electron chi connectivity index (χ0n) is 11.8. The molecule has 1 aliphatic heterocycles. The minimum atomic E-state index is 0.460. The Labute approximate surface area is 120 Å². The second-order valence-corrected chi connectivity index (χ2v) is 6.02. The summed E-state index contributed by atoms with van der Waals surface area (Å²) in [7, 11) is 0. The summed E-state index contributed by atoms with van der Waals surface area (Å²) in [6, 6.07) is 0.567. The van der Waals surface area contributed by atoms with Crippen molar-refractivity contribution in [3.63, 3.8) is 0 Å². The first kappa shape index (κ1) is 14.7. The summed E-state index contributed by atoms with van der Waals surface area (Å²) in [6.07, 6.45) is 5.99. The molecule has 1 aliphatic rings. The monoisotopic (exact) mass is 282 g/mol. The van der Waals surface area contributed by atoms with E-state index in [-0.39, 0.29) is 0 Å². The van der Waals surface area contributed by atoms with Crippen LogP contribution in [0.4, 0.5) is 0 Å². The molecule has 2 heterocycles. The van der Waals surface area contributed by atoms with Crippen LogP contribution in [-0.4, -0.2) is 40.5 Å². The van der Waals surface area contributed by atoms with Gasteiger partial charge < -0.3 is 5.32 Å². The van der Waals surface area contributed by atoms with Gasteiger partial charge in [0.05, 0.1) is 18.1 Å². The highest BCUT2D eigenvalue weighted by atomic mass is 35.5. The van der Waals surface area contributed by atoms with Crippen LogP contribution in [0.3, 0.4) is 0 Å². The van der Waals surface area contributed by atoms with Crippen LogP contribution in [0.5, 0.6) is 0 Å². The van der Waals surface area contributed by atoms with Crippen molar-refractivity contribution < 1.29 is 0 Å². The summed E-state index contributed by atoms with van der Waals surface area (Å²) >= 11 is 5.75. The molecule has 106 valence electrons. The van der Waals surface area contributed by atoms with Crippen LogP contribution in [0.25, 0.3) is 0 Å². The standard InChI is InChI=1S/C14H23ClN4/c1-11(2)16-6-12-4-3-5-19(9-12)10-13-7-18-14(15)8-17-13/h7-8,11-12,16H,3-6,9-10H2,1-2H3. The molecule has 1 saturated heterocycles. The van der Waals surface area contributed by atoms with Gasteiger partial charge in [-0.15, -0.1) is 0 Å². The minimum Gasteiger partial charge on any atom is -0.314 e. The van der Waals surface area contributed by atoms with Crippen molar-refractivity contribution in [1.29, 1.82) is 0 Å². The lowest BCUT2D eigenvalue weighted by molar-refractivity contribution is 0.162. The summed E-state index contributed by atoms with van der Waals surface area (Å²) in [5.41, 5.74) is 1.00. The molecule has 0 aliphatic carbocycles. The summed E-state index contributed by atoms with van der Waals surface area (Å²) in [5.74, 6) is 0.747. The van der Waals surface area contributed by atoms with Gasteiger partial charge in [-0.05, 0) is 31.8 Å². The van der Waals surface area contributed by atoms with Crippen molar-refractivity contribution in [2.75, 3.05) is 19.6 Å². The molecule has 1 aromatic heterocycles. The lowest BCUT2D eigenvalue weighted by atomic mass is 9.97. The highest BCUT2D eigenvalue weighted by Crippen LogP contribution is 2.17. The predicted octanol–water partition coefficient (Wildman–Crippen LogP) is 2.34. The normalized spacial score (nSPS) is 20.9.